The van der Waals surface area contributed by atoms with Gasteiger partial charge in [-0.1, -0.05) is 0 Å². The SMILES string of the molecule is CC(C)(C)OC(=O)N1C[C@@H]2CC(=O)[C@H](C1)O2. The van der Waals surface area contributed by atoms with Crippen molar-refractivity contribution < 1.29 is 19.1 Å². The topological polar surface area (TPSA) is 55.8 Å². The summed E-state index contributed by atoms with van der Waals surface area (Å²) in [7, 11) is 0. The van der Waals surface area contributed by atoms with Crippen molar-refractivity contribution in [2.24, 2.45) is 0 Å². The summed E-state index contributed by atoms with van der Waals surface area (Å²) in [6.07, 6.45) is -0.519. The van der Waals surface area contributed by atoms with Crippen LogP contribution in [0.3, 0.4) is 0 Å². The Labute approximate surface area is 94.7 Å². The average molecular weight is 227 g/mol. The normalized spacial score (nSPS) is 29.4. The first-order valence-corrected chi connectivity index (χ1v) is 5.51. The second-order valence-electron chi connectivity index (χ2n) is 5.30. The van der Waals surface area contributed by atoms with Crippen molar-refractivity contribution in [2.45, 2.75) is 45.0 Å². The van der Waals surface area contributed by atoms with Crippen LogP contribution >= 0.6 is 0 Å². The highest BCUT2D eigenvalue weighted by atomic mass is 16.6. The number of morpholine rings is 1. The monoisotopic (exact) mass is 227 g/mol. The van der Waals surface area contributed by atoms with Gasteiger partial charge in [-0.15, -0.1) is 0 Å². The lowest BCUT2D eigenvalue weighted by atomic mass is 10.2. The number of amides is 1. The number of ether oxygens (including phenoxy) is 2. The number of likely N-dealkylation sites (tertiary alicyclic amines) is 1. The molecule has 2 fully saturated rings. The van der Waals surface area contributed by atoms with Gasteiger partial charge in [0.15, 0.2) is 5.78 Å². The Hall–Kier alpha value is -1.10. The Morgan fingerprint density at radius 1 is 1.44 bits per heavy atom. The lowest BCUT2D eigenvalue weighted by Crippen LogP contribution is -2.48. The van der Waals surface area contributed by atoms with Gasteiger partial charge < -0.3 is 14.4 Å². The van der Waals surface area contributed by atoms with Gasteiger partial charge in [0.1, 0.15) is 11.7 Å². The van der Waals surface area contributed by atoms with Gasteiger partial charge in [-0.05, 0) is 20.8 Å². The number of nitrogens with zero attached hydrogens (tertiary/aromatic N) is 1. The maximum absolute atomic E-state index is 11.8. The van der Waals surface area contributed by atoms with Gasteiger partial charge in [-0.3, -0.25) is 4.79 Å². The van der Waals surface area contributed by atoms with Crippen molar-refractivity contribution in [3.8, 4) is 0 Å². The summed E-state index contributed by atoms with van der Waals surface area (Å²) in [6.45, 7) is 6.25. The summed E-state index contributed by atoms with van der Waals surface area (Å²) >= 11 is 0. The number of carbonyl (C=O) groups is 2. The number of ketones is 1. The molecule has 2 atom stereocenters. The molecular formula is C11H17NO4. The van der Waals surface area contributed by atoms with Crippen molar-refractivity contribution in [1.82, 2.24) is 4.90 Å². The number of hydrogen-bond donors (Lipinski definition) is 0. The van der Waals surface area contributed by atoms with Gasteiger partial charge in [-0.25, -0.2) is 4.79 Å². The van der Waals surface area contributed by atoms with Crippen LogP contribution in [-0.4, -0.2) is 47.7 Å². The minimum absolute atomic E-state index is 0.0936. The fraction of sp³-hybridized carbons (Fsp3) is 0.818. The molecule has 0 saturated carbocycles. The zero-order chi connectivity index (χ0) is 11.9. The third-order valence-electron chi connectivity index (χ3n) is 2.61. The Bertz CT molecular complexity index is 320. The lowest BCUT2D eigenvalue weighted by molar-refractivity contribution is -0.125. The first kappa shape index (κ1) is 11.4. The summed E-state index contributed by atoms with van der Waals surface area (Å²) in [5.74, 6) is 0.0936. The number of hydrogen-bond acceptors (Lipinski definition) is 4. The average Bonchev–Trinajstić information content (AvgIpc) is 2.37. The van der Waals surface area contributed by atoms with E-state index in [2.05, 4.69) is 0 Å². The van der Waals surface area contributed by atoms with Gasteiger partial charge in [-0.2, -0.15) is 0 Å². The van der Waals surface area contributed by atoms with E-state index in [4.69, 9.17) is 9.47 Å². The molecule has 0 aromatic carbocycles. The molecule has 2 heterocycles. The van der Waals surface area contributed by atoms with Gasteiger partial charge in [0.05, 0.1) is 19.2 Å². The Kier molecular flexibility index (Phi) is 2.66. The van der Waals surface area contributed by atoms with Crippen LogP contribution < -0.4 is 0 Å². The van der Waals surface area contributed by atoms with Gasteiger partial charge in [0.25, 0.3) is 0 Å². The minimum Gasteiger partial charge on any atom is -0.444 e. The first-order valence-electron chi connectivity index (χ1n) is 5.51. The molecule has 0 N–H and O–H groups in total. The van der Waals surface area contributed by atoms with E-state index in [1.54, 1.807) is 4.90 Å². The van der Waals surface area contributed by atoms with E-state index in [0.29, 0.717) is 19.5 Å². The molecule has 0 spiro atoms. The first-order chi connectivity index (χ1) is 7.35. The molecule has 16 heavy (non-hydrogen) atoms. The van der Waals surface area contributed by atoms with E-state index in [-0.39, 0.29) is 18.0 Å². The van der Waals surface area contributed by atoms with Crippen LogP contribution in [-0.2, 0) is 14.3 Å². The van der Waals surface area contributed by atoms with Crippen LogP contribution in [0.2, 0.25) is 0 Å². The molecule has 0 unspecified atom stereocenters. The minimum atomic E-state index is -0.502. The second-order valence-corrected chi connectivity index (χ2v) is 5.30. The summed E-state index contributed by atoms with van der Waals surface area (Å²) in [4.78, 5) is 24.7. The van der Waals surface area contributed by atoms with Crippen molar-refractivity contribution >= 4 is 11.9 Å². The predicted molar refractivity (Wildman–Crippen MR) is 56.1 cm³/mol. The summed E-state index contributed by atoms with van der Waals surface area (Å²) < 4.78 is 10.7. The van der Waals surface area contributed by atoms with Crippen LogP contribution in [0.15, 0.2) is 0 Å². The molecule has 0 aromatic rings. The fourth-order valence-corrected chi connectivity index (χ4v) is 1.96. The van der Waals surface area contributed by atoms with Crippen molar-refractivity contribution in [1.29, 1.82) is 0 Å². The fourth-order valence-electron chi connectivity index (χ4n) is 1.96. The third kappa shape index (κ3) is 2.35. The second kappa shape index (κ2) is 3.73. The number of Topliss-reactive ketones (excluding diaryl/α,β-unsaturated/α-hetero) is 1. The Morgan fingerprint density at radius 2 is 2.12 bits per heavy atom. The summed E-state index contributed by atoms with van der Waals surface area (Å²) in [5.41, 5.74) is -0.502. The van der Waals surface area contributed by atoms with Crippen LogP contribution in [0.5, 0.6) is 0 Å². The van der Waals surface area contributed by atoms with Gasteiger partial charge in [0, 0.05) is 6.42 Å². The maximum Gasteiger partial charge on any atom is 0.410 e. The molecule has 90 valence electrons. The zero-order valence-corrected chi connectivity index (χ0v) is 9.86. The molecule has 0 aromatic heterocycles. The van der Waals surface area contributed by atoms with E-state index in [0.717, 1.165) is 0 Å². The van der Waals surface area contributed by atoms with Gasteiger partial charge in [0.2, 0.25) is 0 Å². The molecule has 1 amide bonds. The van der Waals surface area contributed by atoms with E-state index < -0.39 is 11.7 Å². The lowest BCUT2D eigenvalue weighted by Gasteiger charge is -2.32. The quantitative estimate of drug-likeness (QED) is 0.618. The van der Waals surface area contributed by atoms with Crippen LogP contribution in [0.25, 0.3) is 0 Å². The molecule has 5 heteroatoms. The van der Waals surface area contributed by atoms with E-state index in [1.165, 1.54) is 0 Å². The number of rotatable bonds is 0. The number of carbonyl (C=O) groups excluding carboxylic acids is 2. The van der Waals surface area contributed by atoms with Gasteiger partial charge >= 0.3 is 6.09 Å². The van der Waals surface area contributed by atoms with Crippen LogP contribution in [0.1, 0.15) is 27.2 Å². The summed E-state index contributed by atoms with van der Waals surface area (Å²) in [5, 5.41) is 0. The van der Waals surface area contributed by atoms with Crippen molar-refractivity contribution in [3.05, 3.63) is 0 Å². The predicted octanol–water partition coefficient (Wildman–Crippen LogP) is 0.964. The maximum atomic E-state index is 11.8. The molecule has 2 aliphatic heterocycles. The van der Waals surface area contributed by atoms with Crippen molar-refractivity contribution in [3.63, 3.8) is 0 Å². The Balaban J connectivity index is 1.97. The van der Waals surface area contributed by atoms with E-state index in [9.17, 15) is 9.59 Å². The smallest absolute Gasteiger partial charge is 0.410 e. The summed E-state index contributed by atoms with van der Waals surface area (Å²) in [6, 6.07) is 0. The van der Waals surface area contributed by atoms with Crippen LogP contribution in [0.4, 0.5) is 4.79 Å². The zero-order valence-electron chi connectivity index (χ0n) is 9.86. The Morgan fingerprint density at radius 3 is 2.69 bits per heavy atom. The van der Waals surface area contributed by atoms with E-state index >= 15 is 0 Å². The third-order valence-corrected chi connectivity index (χ3v) is 2.61. The van der Waals surface area contributed by atoms with Crippen molar-refractivity contribution in [2.75, 3.05) is 13.1 Å². The van der Waals surface area contributed by atoms with E-state index in [1.807, 2.05) is 20.8 Å². The highest BCUT2D eigenvalue weighted by molar-refractivity contribution is 5.86. The molecular weight excluding hydrogens is 210 g/mol. The largest absolute Gasteiger partial charge is 0.444 e. The number of fused-ring (bicyclic) bond motifs is 2. The molecule has 0 radical (unpaired) electrons. The molecule has 2 rings (SSSR count). The molecule has 2 saturated heterocycles. The highest BCUT2D eigenvalue weighted by Crippen LogP contribution is 2.24. The standard InChI is InChI=1S/C11H17NO4/c1-11(2,3)16-10(14)12-5-7-4-8(13)9(6-12)15-7/h7,9H,4-6H2,1-3H3/t7-,9-/m0/s1. The van der Waals surface area contributed by atoms with Crippen LogP contribution in [0, 0.1) is 0 Å². The molecule has 5 nitrogen and oxygen atoms in total. The molecule has 2 bridgehead atoms. The molecule has 2 aliphatic rings. The highest BCUT2D eigenvalue weighted by Gasteiger charge is 2.42. The molecule has 0 aliphatic carbocycles.